The van der Waals surface area contributed by atoms with Crippen LogP contribution in [0.3, 0.4) is 0 Å². The Kier molecular flexibility index (Phi) is 4.28. The van der Waals surface area contributed by atoms with Crippen molar-refractivity contribution in [1.29, 1.82) is 0 Å². The average Bonchev–Trinajstić information content (AvgIpc) is 2.38. The lowest BCUT2D eigenvalue weighted by atomic mass is 10.2. The molecule has 9 heteroatoms. The summed E-state index contributed by atoms with van der Waals surface area (Å²) in [6.45, 7) is 1.48. The van der Waals surface area contributed by atoms with Gasteiger partial charge < -0.3 is 10.6 Å². The molecule has 2 rings (SSSR count). The largest absolute Gasteiger partial charge is 0.384 e. The van der Waals surface area contributed by atoms with Gasteiger partial charge in [0.05, 0.1) is 11.5 Å². The van der Waals surface area contributed by atoms with Crippen molar-refractivity contribution >= 4 is 17.2 Å². The van der Waals surface area contributed by atoms with Gasteiger partial charge in [-0.1, -0.05) is 0 Å². The molecule has 1 aromatic heterocycles. The van der Waals surface area contributed by atoms with Gasteiger partial charge in [-0.05, 0) is 0 Å². The minimum Gasteiger partial charge on any atom is -0.384 e. The van der Waals surface area contributed by atoms with Crippen LogP contribution in [0, 0.1) is 10.1 Å². The maximum absolute atomic E-state index is 12.3. The van der Waals surface area contributed by atoms with Crippen molar-refractivity contribution in [3.63, 3.8) is 0 Å². The monoisotopic (exact) mass is 287 g/mol. The van der Waals surface area contributed by atoms with Crippen LogP contribution in [0.5, 0.6) is 0 Å². The molecule has 0 atom stereocenters. The normalized spacial score (nSPS) is 16.6. The molecule has 0 unspecified atom stereocenters. The van der Waals surface area contributed by atoms with Crippen LogP contribution in [-0.2, 0) is 0 Å². The van der Waals surface area contributed by atoms with Gasteiger partial charge in [-0.3, -0.25) is 15.0 Å². The SMILES string of the molecule is Nc1cc(N2CCN(CC(F)F)CC2)c([N+](=O)[O-])cn1. The van der Waals surface area contributed by atoms with E-state index >= 15 is 0 Å². The van der Waals surface area contributed by atoms with Crippen LogP contribution in [0.4, 0.5) is 26.0 Å². The van der Waals surface area contributed by atoms with Gasteiger partial charge in [-0.15, -0.1) is 0 Å². The molecule has 2 N–H and O–H groups in total. The van der Waals surface area contributed by atoms with Gasteiger partial charge >= 0.3 is 5.69 Å². The summed E-state index contributed by atoms with van der Waals surface area (Å²) >= 11 is 0. The Bertz CT molecular complexity index is 492. The lowest BCUT2D eigenvalue weighted by molar-refractivity contribution is -0.384. The van der Waals surface area contributed by atoms with E-state index in [-0.39, 0.29) is 18.1 Å². The van der Waals surface area contributed by atoms with E-state index in [0.717, 1.165) is 6.20 Å². The van der Waals surface area contributed by atoms with Crippen LogP contribution in [-0.4, -0.2) is 54.0 Å². The molecule has 0 aromatic carbocycles. The number of pyridine rings is 1. The van der Waals surface area contributed by atoms with E-state index < -0.39 is 11.3 Å². The number of nitrogens with zero attached hydrogens (tertiary/aromatic N) is 4. The summed E-state index contributed by atoms with van der Waals surface area (Å²) in [5.41, 5.74) is 5.82. The molecule has 0 spiro atoms. The van der Waals surface area contributed by atoms with Crippen LogP contribution in [0.25, 0.3) is 0 Å². The van der Waals surface area contributed by atoms with Crippen molar-refractivity contribution in [3.05, 3.63) is 22.4 Å². The fourth-order valence-electron chi connectivity index (χ4n) is 2.21. The van der Waals surface area contributed by atoms with E-state index in [9.17, 15) is 18.9 Å². The van der Waals surface area contributed by atoms with E-state index in [1.807, 2.05) is 0 Å². The number of nitrogen functional groups attached to an aromatic ring is 1. The van der Waals surface area contributed by atoms with Crippen molar-refractivity contribution in [2.45, 2.75) is 6.43 Å². The number of aromatic nitrogens is 1. The molecule has 0 aliphatic carbocycles. The molecule has 2 heterocycles. The highest BCUT2D eigenvalue weighted by molar-refractivity contribution is 5.66. The molecular weight excluding hydrogens is 272 g/mol. The van der Waals surface area contributed by atoms with Gasteiger partial charge in [0.2, 0.25) is 0 Å². The second-order valence-electron chi connectivity index (χ2n) is 4.53. The Morgan fingerprint density at radius 3 is 2.60 bits per heavy atom. The lowest BCUT2D eigenvalue weighted by Gasteiger charge is -2.35. The predicted octanol–water partition coefficient (Wildman–Crippen LogP) is 0.959. The number of hydrogen-bond acceptors (Lipinski definition) is 6. The quantitative estimate of drug-likeness (QED) is 0.655. The number of anilines is 2. The van der Waals surface area contributed by atoms with E-state index in [0.29, 0.717) is 31.9 Å². The maximum atomic E-state index is 12.3. The molecule has 0 bridgehead atoms. The van der Waals surface area contributed by atoms with Gasteiger partial charge in [0.15, 0.2) is 0 Å². The summed E-state index contributed by atoms with van der Waals surface area (Å²) < 4.78 is 24.6. The number of piperazine rings is 1. The van der Waals surface area contributed by atoms with Crippen molar-refractivity contribution in [2.75, 3.05) is 43.4 Å². The zero-order valence-electron chi connectivity index (χ0n) is 10.7. The van der Waals surface area contributed by atoms with Gasteiger partial charge in [-0.25, -0.2) is 13.8 Å². The van der Waals surface area contributed by atoms with E-state index in [1.54, 1.807) is 9.80 Å². The first-order valence-corrected chi connectivity index (χ1v) is 6.12. The van der Waals surface area contributed by atoms with E-state index in [4.69, 9.17) is 5.73 Å². The zero-order chi connectivity index (χ0) is 14.7. The lowest BCUT2D eigenvalue weighted by Crippen LogP contribution is -2.48. The molecule has 1 fully saturated rings. The first kappa shape index (κ1) is 14.4. The number of rotatable bonds is 4. The third-order valence-corrected chi connectivity index (χ3v) is 3.19. The third-order valence-electron chi connectivity index (χ3n) is 3.19. The molecule has 1 saturated heterocycles. The summed E-state index contributed by atoms with van der Waals surface area (Å²) in [5, 5.41) is 11.0. The number of nitro groups is 1. The topological polar surface area (TPSA) is 88.5 Å². The Hall–Kier alpha value is -2.03. The van der Waals surface area contributed by atoms with Gasteiger partial charge in [-0.2, -0.15) is 0 Å². The highest BCUT2D eigenvalue weighted by atomic mass is 19.3. The first-order chi connectivity index (χ1) is 9.47. The Morgan fingerprint density at radius 2 is 2.05 bits per heavy atom. The minimum atomic E-state index is -2.37. The molecule has 20 heavy (non-hydrogen) atoms. The molecule has 110 valence electrons. The number of halogens is 2. The summed E-state index contributed by atoms with van der Waals surface area (Å²) in [6.07, 6.45) is -1.25. The summed E-state index contributed by atoms with van der Waals surface area (Å²) in [5.74, 6) is 0.195. The summed E-state index contributed by atoms with van der Waals surface area (Å²) in [4.78, 5) is 17.6. The fourth-order valence-corrected chi connectivity index (χ4v) is 2.21. The Morgan fingerprint density at radius 1 is 1.40 bits per heavy atom. The van der Waals surface area contributed by atoms with Crippen LogP contribution in [0.2, 0.25) is 0 Å². The Balaban J connectivity index is 2.10. The maximum Gasteiger partial charge on any atom is 0.310 e. The molecule has 1 aromatic rings. The van der Waals surface area contributed by atoms with Crippen LogP contribution < -0.4 is 10.6 Å². The smallest absolute Gasteiger partial charge is 0.310 e. The highest BCUT2D eigenvalue weighted by Crippen LogP contribution is 2.29. The molecule has 1 aliphatic heterocycles. The van der Waals surface area contributed by atoms with Crippen molar-refractivity contribution in [2.24, 2.45) is 0 Å². The number of nitrogens with two attached hydrogens (primary N) is 1. The zero-order valence-corrected chi connectivity index (χ0v) is 10.7. The standard InChI is InChI=1S/C11H15F2N5O2/c12-10(13)7-16-1-3-17(4-2-16)8-5-11(14)15-6-9(8)18(19)20/h5-6,10H,1-4,7H2,(H2,14,15). The fraction of sp³-hybridized carbons (Fsp3) is 0.545. The molecule has 0 amide bonds. The van der Waals surface area contributed by atoms with Gasteiger partial charge in [0.1, 0.15) is 17.7 Å². The second-order valence-corrected chi connectivity index (χ2v) is 4.53. The van der Waals surface area contributed by atoms with Crippen LogP contribution in [0.1, 0.15) is 0 Å². The molecule has 0 radical (unpaired) electrons. The third kappa shape index (κ3) is 3.29. The molecule has 1 aliphatic rings. The van der Waals surface area contributed by atoms with Crippen molar-refractivity contribution in [3.8, 4) is 0 Å². The summed E-state index contributed by atoms with van der Waals surface area (Å²) in [6, 6.07) is 1.45. The van der Waals surface area contributed by atoms with Crippen molar-refractivity contribution < 1.29 is 13.7 Å². The number of alkyl halides is 2. The van der Waals surface area contributed by atoms with Crippen LogP contribution in [0.15, 0.2) is 12.3 Å². The highest BCUT2D eigenvalue weighted by Gasteiger charge is 2.25. The number of hydrogen-bond donors (Lipinski definition) is 1. The average molecular weight is 287 g/mol. The van der Waals surface area contributed by atoms with Gasteiger partial charge in [0.25, 0.3) is 6.43 Å². The van der Waals surface area contributed by atoms with E-state index in [2.05, 4.69) is 4.98 Å². The molecule has 0 saturated carbocycles. The second kappa shape index (κ2) is 5.95. The molecule has 7 nitrogen and oxygen atoms in total. The Labute approximate surface area is 114 Å². The predicted molar refractivity (Wildman–Crippen MR) is 70.0 cm³/mol. The van der Waals surface area contributed by atoms with E-state index in [1.165, 1.54) is 6.07 Å². The van der Waals surface area contributed by atoms with Gasteiger partial charge in [0, 0.05) is 32.2 Å². The van der Waals surface area contributed by atoms with Crippen LogP contribution >= 0.6 is 0 Å². The first-order valence-electron chi connectivity index (χ1n) is 6.12. The molecular formula is C11H15F2N5O2. The minimum absolute atomic E-state index is 0.124. The summed E-state index contributed by atoms with van der Waals surface area (Å²) in [7, 11) is 0. The van der Waals surface area contributed by atoms with Crippen molar-refractivity contribution in [1.82, 2.24) is 9.88 Å².